The molecule has 2 amide bonds. The summed E-state index contributed by atoms with van der Waals surface area (Å²) >= 11 is 0. The molecule has 1 aromatic carbocycles. The lowest BCUT2D eigenvalue weighted by atomic mass is 10.1. The van der Waals surface area contributed by atoms with Gasteiger partial charge in [0.05, 0.1) is 5.56 Å². The second kappa shape index (κ2) is 9.07. The van der Waals surface area contributed by atoms with Crippen LogP contribution in [0.5, 0.6) is 0 Å². The van der Waals surface area contributed by atoms with E-state index in [9.17, 15) is 14.0 Å². The third kappa shape index (κ3) is 5.22. The number of nitrogens with zero attached hydrogens (tertiary/aromatic N) is 3. The van der Waals surface area contributed by atoms with Crippen LogP contribution >= 0.6 is 0 Å². The summed E-state index contributed by atoms with van der Waals surface area (Å²) in [7, 11) is 0. The molecular weight excluding hydrogens is 349 g/mol. The smallest absolute Gasteiger partial charge is 0.254 e. The molecule has 2 heterocycles. The van der Waals surface area contributed by atoms with E-state index in [4.69, 9.17) is 0 Å². The molecule has 3 rings (SSSR count). The highest BCUT2D eigenvalue weighted by Gasteiger charge is 2.22. The zero-order valence-corrected chi connectivity index (χ0v) is 14.9. The molecule has 1 aromatic heterocycles. The van der Waals surface area contributed by atoms with Crippen molar-refractivity contribution < 1.29 is 14.0 Å². The monoisotopic (exact) mass is 371 g/mol. The van der Waals surface area contributed by atoms with E-state index in [1.54, 1.807) is 24.5 Å². The lowest BCUT2D eigenvalue weighted by Gasteiger charge is -2.33. The lowest BCUT2D eigenvalue weighted by molar-refractivity contribution is -0.121. The normalized spacial score (nSPS) is 16.6. The average Bonchev–Trinajstić information content (AvgIpc) is 2.69. The first-order valence-electron chi connectivity index (χ1n) is 8.97. The van der Waals surface area contributed by atoms with Crippen molar-refractivity contribution in [3.63, 3.8) is 0 Å². The number of nitrogens with one attached hydrogen (secondary N) is 2. The Balaban J connectivity index is 1.43. The van der Waals surface area contributed by atoms with Crippen molar-refractivity contribution in [2.45, 2.75) is 25.3 Å². The molecule has 7 nitrogen and oxygen atoms in total. The van der Waals surface area contributed by atoms with Crippen molar-refractivity contribution in [3.05, 3.63) is 54.1 Å². The van der Waals surface area contributed by atoms with E-state index in [0.29, 0.717) is 12.5 Å². The van der Waals surface area contributed by atoms with Crippen LogP contribution in [-0.2, 0) is 4.79 Å². The molecule has 0 radical (unpaired) electrons. The number of aromatic nitrogens is 2. The summed E-state index contributed by atoms with van der Waals surface area (Å²) in [5.74, 6) is -0.589. The van der Waals surface area contributed by atoms with E-state index in [1.165, 1.54) is 18.2 Å². The number of benzene rings is 1. The minimum absolute atomic E-state index is 0.0114. The molecule has 1 aliphatic rings. The van der Waals surface area contributed by atoms with Crippen molar-refractivity contribution in [3.8, 4) is 0 Å². The molecule has 0 saturated carbocycles. The predicted octanol–water partition coefficient (Wildman–Crippen LogP) is 1.52. The third-order valence-corrected chi connectivity index (χ3v) is 4.38. The van der Waals surface area contributed by atoms with Crippen LogP contribution in [0.4, 0.5) is 10.3 Å². The maximum Gasteiger partial charge on any atom is 0.254 e. The summed E-state index contributed by atoms with van der Waals surface area (Å²) in [6, 6.07) is 7.53. The van der Waals surface area contributed by atoms with E-state index in [1.807, 2.05) is 0 Å². The molecule has 1 fully saturated rings. The van der Waals surface area contributed by atoms with Gasteiger partial charge in [0.1, 0.15) is 5.82 Å². The van der Waals surface area contributed by atoms with Gasteiger partial charge < -0.3 is 15.5 Å². The Labute approximate surface area is 157 Å². The van der Waals surface area contributed by atoms with E-state index in [0.717, 1.165) is 19.4 Å². The first-order chi connectivity index (χ1) is 13.1. The largest absolute Gasteiger partial charge is 0.352 e. The Morgan fingerprint density at radius 2 is 1.96 bits per heavy atom. The fraction of sp³-hybridized carbons (Fsp3) is 0.368. The number of carbonyl (C=O) groups excluding carboxylic acids is 2. The van der Waals surface area contributed by atoms with Gasteiger partial charge in [-0.1, -0.05) is 12.1 Å². The maximum absolute atomic E-state index is 13.6. The second-order valence-electron chi connectivity index (χ2n) is 6.39. The SMILES string of the molecule is O=C(CCNC(=O)c1ccccc1F)NC1CCCN(c2ncccn2)C1. The number of amides is 2. The van der Waals surface area contributed by atoms with Crippen LogP contribution < -0.4 is 15.5 Å². The fourth-order valence-electron chi connectivity index (χ4n) is 3.06. The van der Waals surface area contributed by atoms with Crippen molar-refractivity contribution in [2.24, 2.45) is 0 Å². The average molecular weight is 371 g/mol. The van der Waals surface area contributed by atoms with Gasteiger partial charge in [0.15, 0.2) is 0 Å². The molecule has 1 saturated heterocycles. The van der Waals surface area contributed by atoms with Crippen LogP contribution in [0.3, 0.4) is 0 Å². The second-order valence-corrected chi connectivity index (χ2v) is 6.39. The van der Waals surface area contributed by atoms with E-state index < -0.39 is 11.7 Å². The Bertz CT molecular complexity index is 787. The van der Waals surface area contributed by atoms with Gasteiger partial charge in [0.2, 0.25) is 11.9 Å². The first kappa shape index (κ1) is 18.8. The van der Waals surface area contributed by atoms with Crippen molar-refractivity contribution >= 4 is 17.8 Å². The molecule has 0 spiro atoms. The Morgan fingerprint density at radius 3 is 2.74 bits per heavy atom. The van der Waals surface area contributed by atoms with Gasteiger partial charge in [-0.3, -0.25) is 9.59 Å². The number of rotatable bonds is 6. The molecule has 142 valence electrons. The molecule has 0 bridgehead atoms. The highest BCUT2D eigenvalue weighted by atomic mass is 19.1. The number of carbonyl (C=O) groups is 2. The molecule has 1 unspecified atom stereocenters. The molecule has 8 heteroatoms. The number of piperidine rings is 1. The van der Waals surface area contributed by atoms with Gasteiger partial charge in [-0.25, -0.2) is 14.4 Å². The Morgan fingerprint density at radius 1 is 1.19 bits per heavy atom. The van der Waals surface area contributed by atoms with Gasteiger partial charge in [-0.2, -0.15) is 0 Å². The van der Waals surface area contributed by atoms with Crippen LogP contribution in [0.1, 0.15) is 29.6 Å². The summed E-state index contributed by atoms with van der Waals surface area (Å²) in [4.78, 5) is 34.6. The zero-order valence-electron chi connectivity index (χ0n) is 14.9. The highest BCUT2D eigenvalue weighted by Crippen LogP contribution is 2.15. The summed E-state index contributed by atoms with van der Waals surface area (Å²) in [6.07, 6.45) is 5.36. The number of hydrogen-bond donors (Lipinski definition) is 2. The van der Waals surface area contributed by atoms with Gasteiger partial charge in [-0.15, -0.1) is 0 Å². The lowest BCUT2D eigenvalue weighted by Crippen LogP contribution is -2.48. The van der Waals surface area contributed by atoms with Crippen molar-refractivity contribution in [1.29, 1.82) is 0 Å². The van der Waals surface area contributed by atoms with Crippen LogP contribution in [0, 0.1) is 5.82 Å². The van der Waals surface area contributed by atoms with Crippen molar-refractivity contribution in [1.82, 2.24) is 20.6 Å². The topological polar surface area (TPSA) is 87.2 Å². The van der Waals surface area contributed by atoms with Crippen LogP contribution in [0.2, 0.25) is 0 Å². The Hall–Kier alpha value is -3.03. The van der Waals surface area contributed by atoms with Crippen LogP contribution in [0.15, 0.2) is 42.7 Å². The molecule has 2 aromatic rings. The number of hydrogen-bond acceptors (Lipinski definition) is 5. The van der Waals surface area contributed by atoms with Gasteiger partial charge in [0.25, 0.3) is 5.91 Å². The molecular formula is C19H22FN5O2. The number of halogens is 1. The van der Waals surface area contributed by atoms with E-state index in [-0.39, 0.29) is 30.5 Å². The van der Waals surface area contributed by atoms with Gasteiger partial charge in [-0.05, 0) is 31.0 Å². The third-order valence-electron chi connectivity index (χ3n) is 4.38. The van der Waals surface area contributed by atoms with E-state index >= 15 is 0 Å². The molecule has 2 N–H and O–H groups in total. The Kier molecular flexibility index (Phi) is 6.30. The minimum atomic E-state index is -0.579. The maximum atomic E-state index is 13.6. The van der Waals surface area contributed by atoms with Crippen LogP contribution in [-0.4, -0.2) is 47.5 Å². The zero-order chi connectivity index (χ0) is 19.1. The minimum Gasteiger partial charge on any atom is -0.352 e. The van der Waals surface area contributed by atoms with Crippen LogP contribution in [0.25, 0.3) is 0 Å². The summed E-state index contributed by atoms with van der Waals surface area (Å²) < 4.78 is 13.6. The van der Waals surface area contributed by atoms with Crippen molar-refractivity contribution in [2.75, 3.05) is 24.5 Å². The van der Waals surface area contributed by atoms with E-state index in [2.05, 4.69) is 25.5 Å². The first-order valence-corrected chi connectivity index (χ1v) is 8.97. The molecule has 1 atom stereocenters. The highest BCUT2D eigenvalue weighted by molar-refractivity contribution is 5.94. The van der Waals surface area contributed by atoms with Gasteiger partial charge in [0, 0.05) is 44.5 Å². The summed E-state index contributed by atoms with van der Waals surface area (Å²) in [5.41, 5.74) is -0.0244. The molecule has 27 heavy (non-hydrogen) atoms. The number of anilines is 1. The summed E-state index contributed by atoms with van der Waals surface area (Å²) in [5, 5.41) is 5.55. The van der Waals surface area contributed by atoms with Gasteiger partial charge >= 0.3 is 0 Å². The predicted molar refractivity (Wildman–Crippen MR) is 98.8 cm³/mol. The molecule has 0 aliphatic carbocycles. The quantitative estimate of drug-likeness (QED) is 0.804. The molecule has 1 aliphatic heterocycles. The fourth-order valence-corrected chi connectivity index (χ4v) is 3.06. The summed E-state index contributed by atoms with van der Waals surface area (Å²) in [6.45, 7) is 1.66. The standard InChI is InChI=1S/C19H22FN5O2/c20-16-7-2-1-6-15(16)18(27)21-11-8-17(26)24-14-5-3-12-25(13-14)19-22-9-4-10-23-19/h1-2,4,6-7,9-10,14H,3,5,8,11-13H2,(H,21,27)(H,24,26).